The molecule has 0 aromatic carbocycles. The maximum atomic E-state index is 11.0. The third kappa shape index (κ3) is 11.0. The van der Waals surface area contributed by atoms with Gasteiger partial charge in [-0.1, -0.05) is 0 Å². The molecule has 0 heterocycles. The predicted molar refractivity (Wildman–Crippen MR) is 25.9 cm³/mol. The molecule has 10 heavy (non-hydrogen) atoms. The molecular weight excluding hydrogens is 158 g/mol. The summed E-state index contributed by atoms with van der Waals surface area (Å²) in [4.78, 5) is 0. The maximum Gasteiger partial charge on any atom is 1.00 e. The van der Waals surface area contributed by atoms with Crippen molar-refractivity contribution in [2.45, 2.75) is 0 Å². The Morgan fingerprint density at radius 3 is 2.40 bits per heavy atom. The molecule has 0 saturated carbocycles. The second-order valence-electron chi connectivity index (χ2n) is 1.05. The van der Waals surface area contributed by atoms with E-state index < -0.39 is 17.0 Å². The Balaban J connectivity index is 0. The van der Waals surface area contributed by atoms with Gasteiger partial charge >= 0.3 is 18.9 Å². The molecule has 0 aliphatic rings. The van der Waals surface area contributed by atoms with Gasteiger partial charge in [-0.05, 0) is 6.08 Å². The van der Waals surface area contributed by atoms with Crippen molar-refractivity contribution in [1.82, 2.24) is 0 Å². The molecule has 0 unspecified atom stereocenters. The first kappa shape index (κ1) is 12.8. The molecule has 0 rings (SSSR count). The molecule has 54 valence electrons. The molecule has 0 spiro atoms. The topological polar surface area (TPSA) is 66.4 Å². The summed E-state index contributed by atoms with van der Waals surface area (Å²) in [5.74, 6) is 0. The fraction of sp³-hybridized carbons (Fsp3) is 0.333. The molecule has 0 saturated heterocycles. The number of hydrogen-bond acceptors (Lipinski definition) is 4. The third-order valence-corrected chi connectivity index (χ3v) is 0.822. The van der Waals surface area contributed by atoms with Crippen LogP contribution in [0.1, 0.15) is 0 Å². The molecule has 7 heteroatoms. The summed E-state index contributed by atoms with van der Waals surface area (Å²) in [6.45, 7) is -0.553. The average Bonchev–Trinajstić information content (AvgIpc) is 1.63. The second-order valence-corrected chi connectivity index (χ2v) is 2.11. The van der Waals surface area contributed by atoms with Crippen molar-refractivity contribution in [2.75, 3.05) is 6.61 Å². The van der Waals surface area contributed by atoms with E-state index in [4.69, 9.17) is 0 Å². The summed E-state index contributed by atoms with van der Waals surface area (Å²) in [6, 6.07) is 0. The van der Waals surface area contributed by atoms with Crippen LogP contribution < -0.4 is 18.9 Å². The first-order valence-electron chi connectivity index (χ1n) is 1.92. The van der Waals surface area contributed by atoms with Gasteiger partial charge in [0.2, 0.25) is 10.4 Å². The van der Waals surface area contributed by atoms with Crippen LogP contribution >= 0.6 is 0 Å². The molecule has 0 fully saturated rings. The molecule has 0 aliphatic carbocycles. The van der Waals surface area contributed by atoms with Crippen LogP contribution in [0.3, 0.4) is 0 Å². The first-order valence-corrected chi connectivity index (χ1v) is 3.25. The number of rotatable bonds is 3. The van der Waals surface area contributed by atoms with Gasteiger partial charge < -0.3 is 4.55 Å². The van der Waals surface area contributed by atoms with E-state index in [9.17, 15) is 17.4 Å². The zero-order valence-corrected chi connectivity index (χ0v) is 6.10. The van der Waals surface area contributed by atoms with E-state index in [0.29, 0.717) is 0 Å². The van der Waals surface area contributed by atoms with Crippen molar-refractivity contribution in [3.05, 3.63) is 12.4 Å². The van der Waals surface area contributed by atoms with Gasteiger partial charge in [0.25, 0.3) is 0 Å². The van der Waals surface area contributed by atoms with E-state index >= 15 is 0 Å². The Bertz CT molecular complexity index is 187. The predicted octanol–water partition coefficient (Wildman–Crippen LogP) is -3.05. The molecule has 0 N–H and O–H groups in total. The van der Waals surface area contributed by atoms with Gasteiger partial charge in [0.15, 0.2) is 0 Å². The summed E-state index contributed by atoms with van der Waals surface area (Å²) < 4.78 is 43.3. The van der Waals surface area contributed by atoms with Crippen LogP contribution in [0.25, 0.3) is 0 Å². The first-order chi connectivity index (χ1) is 4.06. The second kappa shape index (κ2) is 5.89. The molecular formula is C3H4FLiO4S. The minimum atomic E-state index is -4.66. The van der Waals surface area contributed by atoms with Gasteiger partial charge in [0, 0.05) is 0 Å². The van der Waals surface area contributed by atoms with Crippen LogP contribution in [0.5, 0.6) is 0 Å². The largest absolute Gasteiger partial charge is 1.00 e. The molecule has 4 nitrogen and oxygen atoms in total. The quantitative estimate of drug-likeness (QED) is 0.251. The van der Waals surface area contributed by atoms with Crippen molar-refractivity contribution in [2.24, 2.45) is 0 Å². The summed E-state index contributed by atoms with van der Waals surface area (Å²) in [6.07, 6.45) is 0.848. The monoisotopic (exact) mass is 162 g/mol. The van der Waals surface area contributed by atoms with Crippen molar-refractivity contribution < 1.29 is 40.4 Å². The Morgan fingerprint density at radius 2 is 2.10 bits per heavy atom. The van der Waals surface area contributed by atoms with E-state index in [1.54, 1.807) is 0 Å². The van der Waals surface area contributed by atoms with Crippen LogP contribution in [0.4, 0.5) is 4.39 Å². The van der Waals surface area contributed by atoms with Crippen molar-refractivity contribution in [3.63, 3.8) is 0 Å². The Hall–Kier alpha value is 0.137. The Kier molecular flexibility index (Phi) is 7.53. The van der Waals surface area contributed by atoms with Gasteiger partial charge in [0.1, 0.15) is 0 Å². The maximum absolute atomic E-state index is 11.0. The van der Waals surface area contributed by atoms with Crippen LogP contribution in [0.15, 0.2) is 12.4 Å². The summed E-state index contributed by atoms with van der Waals surface area (Å²) in [5.41, 5.74) is 0. The standard InChI is InChI=1S/C3H5FO4S.Li/c4-2-1-3-8-9(5,6)7;/h1-2H,3H2,(H,5,6,7);/q;+1/p-1. The smallest absolute Gasteiger partial charge is 0.726 e. The Labute approximate surface area is 70.2 Å². The summed E-state index contributed by atoms with van der Waals surface area (Å²) in [5, 5.41) is 0. The summed E-state index contributed by atoms with van der Waals surface area (Å²) in [7, 11) is -4.66. The molecule has 0 radical (unpaired) electrons. The Morgan fingerprint density at radius 1 is 1.60 bits per heavy atom. The minimum absolute atomic E-state index is 0. The van der Waals surface area contributed by atoms with E-state index in [-0.39, 0.29) is 25.2 Å². The molecule has 0 aromatic rings. The number of hydrogen-bond donors (Lipinski definition) is 0. The minimum Gasteiger partial charge on any atom is -0.726 e. The molecule has 0 amide bonds. The summed E-state index contributed by atoms with van der Waals surface area (Å²) >= 11 is 0. The fourth-order valence-corrected chi connectivity index (χ4v) is 0.404. The van der Waals surface area contributed by atoms with E-state index in [1.807, 2.05) is 0 Å². The van der Waals surface area contributed by atoms with Crippen LogP contribution in [0.2, 0.25) is 0 Å². The van der Waals surface area contributed by atoms with Gasteiger partial charge in [-0.25, -0.2) is 12.8 Å². The van der Waals surface area contributed by atoms with Crippen molar-refractivity contribution in [3.8, 4) is 0 Å². The zero-order chi connectivity index (χ0) is 7.33. The molecule has 0 aliphatic heterocycles. The van der Waals surface area contributed by atoms with Crippen molar-refractivity contribution >= 4 is 10.4 Å². The van der Waals surface area contributed by atoms with Gasteiger partial charge in [-0.15, -0.1) is 0 Å². The molecule has 0 bridgehead atoms. The fourth-order valence-electron chi connectivity index (χ4n) is 0.159. The van der Waals surface area contributed by atoms with Crippen LogP contribution in [0, 0.1) is 0 Å². The number of halogens is 1. The SMILES string of the molecule is O=S(=O)([O-])OCC=CF.[Li+]. The van der Waals surface area contributed by atoms with E-state index in [0.717, 1.165) is 6.08 Å². The molecule has 0 aromatic heterocycles. The van der Waals surface area contributed by atoms with Gasteiger partial charge in [-0.2, -0.15) is 0 Å². The zero-order valence-electron chi connectivity index (χ0n) is 5.28. The average molecular weight is 162 g/mol. The van der Waals surface area contributed by atoms with Crippen molar-refractivity contribution in [1.29, 1.82) is 0 Å². The van der Waals surface area contributed by atoms with Crippen LogP contribution in [-0.2, 0) is 14.6 Å². The van der Waals surface area contributed by atoms with Gasteiger partial charge in [-0.3, -0.25) is 4.18 Å². The van der Waals surface area contributed by atoms with Gasteiger partial charge in [0.05, 0.1) is 12.9 Å². The van der Waals surface area contributed by atoms with E-state index in [1.165, 1.54) is 0 Å². The molecule has 0 atom stereocenters. The van der Waals surface area contributed by atoms with E-state index in [2.05, 4.69) is 4.18 Å². The van der Waals surface area contributed by atoms with Crippen LogP contribution in [-0.4, -0.2) is 19.6 Å². The normalized spacial score (nSPS) is 11.4. The third-order valence-electron chi connectivity index (χ3n) is 0.398.